The minimum absolute atomic E-state index is 0.158. The van der Waals surface area contributed by atoms with Crippen LogP contribution in [0.4, 0.5) is 0 Å². The maximum absolute atomic E-state index is 8.72. The maximum atomic E-state index is 8.72. The summed E-state index contributed by atoms with van der Waals surface area (Å²) in [5.74, 6) is 1.43. The lowest BCUT2D eigenvalue weighted by atomic mass is 10.2. The molecule has 0 bridgehead atoms. The Kier molecular flexibility index (Phi) is 9.20. The van der Waals surface area contributed by atoms with Gasteiger partial charge in [0, 0.05) is 37.9 Å². The van der Waals surface area contributed by atoms with Gasteiger partial charge < -0.3 is 25.2 Å². The second-order valence-corrected chi connectivity index (χ2v) is 6.03. The molecule has 0 amide bonds. The SMILES string of the molecule is CCOc1cc(CNCCNCCO)ccc1OCc1ccc(Cl)nc1. The Morgan fingerprint density at radius 3 is 2.54 bits per heavy atom. The molecule has 0 saturated heterocycles. The molecule has 0 fully saturated rings. The summed E-state index contributed by atoms with van der Waals surface area (Å²) in [6.07, 6.45) is 1.70. The van der Waals surface area contributed by atoms with Crippen molar-refractivity contribution in [2.45, 2.75) is 20.1 Å². The average Bonchev–Trinajstić information content (AvgIpc) is 2.65. The van der Waals surface area contributed by atoms with Gasteiger partial charge in [-0.3, -0.25) is 0 Å². The van der Waals surface area contributed by atoms with Crippen LogP contribution in [0.3, 0.4) is 0 Å². The van der Waals surface area contributed by atoms with Crippen LogP contribution in [0, 0.1) is 0 Å². The van der Waals surface area contributed by atoms with E-state index in [-0.39, 0.29) is 6.61 Å². The Bertz CT molecular complexity index is 653. The van der Waals surface area contributed by atoms with E-state index in [0.717, 1.165) is 36.5 Å². The molecular weight excluding hydrogens is 354 g/mol. The number of halogens is 1. The molecule has 0 atom stereocenters. The fraction of sp³-hybridized carbons (Fsp3) is 0.421. The molecule has 0 spiro atoms. The molecule has 142 valence electrons. The number of aliphatic hydroxyl groups is 1. The van der Waals surface area contributed by atoms with Gasteiger partial charge in [-0.1, -0.05) is 23.7 Å². The average molecular weight is 380 g/mol. The molecular formula is C19H26ClN3O3. The molecule has 2 rings (SSSR count). The standard InChI is InChI=1S/C19H26ClN3O3/c1-2-25-18-11-15(12-22-8-7-21-9-10-24)3-5-17(18)26-14-16-4-6-19(20)23-13-16/h3-6,11,13,21-22,24H,2,7-10,12,14H2,1H3. The van der Waals surface area contributed by atoms with Crippen molar-refractivity contribution >= 4 is 11.6 Å². The Hall–Kier alpha value is -1.86. The monoisotopic (exact) mass is 379 g/mol. The number of benzene rings is 1. The third-order valence-electron chi connectivity index (χ3n) is 3.59. The van der Waals surface area contributed by atoms with Gasteiger partial charge in [-0.15, -0.1) is 0 Å². The van der Waals surface area contributed by atoms with Gasteiger partial charge in [-0.2, -0.15) is 0 Å². The lowest BCUT2D eigenvalue weighted by Crippen LogP contribution is -2.28. The van der Waals surface area contributed by atoms with Crippen LogP contribution >= 0.6 is 11.6 Å². The molecule has 0 aliphatic rings. The van der Waals surface area contributed by atoms with Crippen molar-refractivity contribution in [2.75, 3.05) is 32.8 Å². The third-order valence-corrected chi connectivity index (χ3v) is 3.81. The molecule has 1 heterocycles. The lowest BCUT2D eigenvalue weighted by Gasteiger charge is -2.14. The Morgan fingerprint density at radius 2 is 1.81 bits per heavy atom. The molecule has 6 nitrogen and oxygen atoms in total. The Morgan fingerprint density at radius 1 is 1.00 bits per heavy atom. The smallest absolute Gasteiger partial charge is 0.161 e. The summed E-state index contributed by atoms with van der Waals surface area (Å²) < 4.78 is 11.6. The zero-order valence-electron chi connectivity index (χ0n) is 15.0. The lowest BCUT2D eigenvalue weighted by molar-refractivity contribution is 0.269. The molecule has 7 heteroatoms. The van der Waals surface area contributed by atoms with Crippen molar-refractivity contribution in [1.82, 2.24) is 15.6 Å². The summed E-state index contributed by atoms with van der Waals surface area (Å²) in [5, 5.41) is 15.7. The summed E-state index contributed by atoms with van der Waals surface area (Å²) >= 11 is 5.80. The first-order valence-corrected chi connectivity index (χ1v) is 9.12. The van der Waals surface area contributed by atoms with Crippen LogP contribution in [-0.4, -0.2) is 42.9 Å². The van der Waals surface area contributed by atoms with Crippen molar-refractivity contribution in [3.05, 3.63) is 52.8 Å². The fourth-order valence-corrected chi connectivity index (χ4v) is 2.43. The highest BCUT2D eigenvalue weighted by Gasteiger charge is 2.07. The van der Waals surface area contributed by atoms with Gasteiger partial charge in [0.1, 0.15) is 11.8 Å². The first kappa shape index (κ1) is 20.5. The molecule has 0 aliphatic heterocycles. The summed E-state index contributed by atoms with van der Waals surface area (Å²) in [4.78, 5) is 4.05. The number of ether oxygens (including phenoxy) is 2. The van der Waals surface area contributed by atoms with Crippen LogP contribution in [0.25, 0.3) is 0 Å². The second-order valence-electron chi connectivity index (χ2n) is 5.64. The topological polar surface area (TPSA) is 75.6 Å². The molecule has 0 saturated carbocycles. The highest BCUT2D eigenvalue weighted by Crippen LogP contribution is 2.29. The fourth-order valence-electron chi connectivity index (χ4n) is 2.32. The van der Waals surface area contributed by atoms with Crippen LogP contribution in [-0.2, 0) is 13.2 Å². The van der Waals surface area contributed by atoms with E-state index in [0.29, 0.717) is 30.7 Å². The number of aliphatic hydroxyl groups excluding tert-OH is 1. The predicted molar refractivity (Wildman–Crippen MR) is 103 cm³/mol. The number of nitrogens with one attached hydrogen (secondary N) is 2. The second kappa shape index (κ2) is 11.7. The van der Waals surface area contributed by atoms with Crippen LogP contribution in [0.1, 0.15) is 18.1 Å². The number of hydrogen-bond acceptors (Lipinski definition) is 6. The normalized spacial score (nSPS) is 10.7. The highest BCUT2D eigenvalue weighted by molar-refractivity contribution is 6.29. The van der Waals surface area contributed by atoms with Gasteiger partial charge in [0.25, 0.3) is 0 Å². The molecule has 1 aromatic heterocycles. The largest absolute Gasteiger partial charge is 0.490 e. The van der Waals surface area contributed by atoms with Gasteiger partial charge in [0.05, 0.1) is 13.2 Å². The summed E-state index contributed by atoms with van der Waals surface area (Å²) in [7, 11) is 0. The van der Waals surface area contributed by atoms with Crippen molar-refractivity contribution in [1.29, 1.82) is 0 Å². The van der Waals surface area contributed by atoms with E-state index in [9.17, 15) is 0 Å². The molecule has 0 aliphatic carbocycles. The first-order valence-electron chi connectivity index (χ1n) is 8.74. The zero-order chi connectivity index (χ0) is 18.6. The van der Waals surface area contributed by atoms with Gasteiger partial charge >= 0.3 is 0 Å². The van der Waals surface area contributed by atoms with Crippen molar-refractivity contribution in [3.8, 4) is 11.5 Å². The number of hydrogen-bond donors (Lipinski definition) is 3. The minimum Gasteiger partial charge on any atom is -0.490 e. The van der Waals surface area contributed by atoms with E-state index in [1.54, 1.807) is 12.3 Å². The number of pyridine rings is 1. The first-order chi connectivity index (χ1) is 12.7. The zero-order valence-corrected chi connectivity index (χ0v) is 15.8. The van der Waals surface area contributed by atoms with Gasteiger partial charge in [0.2, 0.25) is 0 Å². The van der Waals surface area contributed by atoms with E-state index < -0.39 is 0 Å². The summed E-state index contributed by atoms with van der Waals surface area (Å²) in [5.41, 5.74) is 2.06. The Balaban J connectivity index is 1.89. The van der Waals surface area contributed by atoms with E-state index in [4.69, 9.17) is 26.2 Å². The summed E-state index contributed by atoms with van der Waals surface area (Å²) in [6.45, 7) is 6.07. The van der Waals surface area contributed by atoms with Gasteiger partial charge in [0.15, 0.2) is 11.5 Å². The Labute approximate surface area is 159 Å². The molecule has 2 aromatic rings. The van der Waals surface area contributed by atoms with Crippen molar-refractivity contribution in [2.24, 2.45) is 0 Å². The van der Waals surface area contributed by atoms with Crippen LogP contribution in [0.15, 0.2) is 36.5 Å². The van der Waals surface area contributed by atoms with Crippen molar-refractivity contribution < 1.29 is 14.6 Å². The number of aromatic nitrogens is 1. The molecule has 3 N–H and O–H groups in total. The van der Waals surface area contributed by atoms with Crippen LogP contribution < -0.4 is 20.1 Å². The van der Waals surface area contributed by atoms with E-state index in [2.05, 4.69) is 15.6 Å². The highest BCUT2D eigenvalue weighted by atomic mass is 35.5. The maximum Gasteiger partial charge on any atom is 0.161 e. The third kappa shape index (κ3) is 7.17. The van der Waals surface area contributed by atoms with E-state index >= 15 is 0 Å². The quantitative estimate of drug-likeness (QED) is 0.388. The predicted octanol–water partition coefficient (Wildman–Crippen LogP) is 2.38. The number of nitrogens with zero attached hydrogens (tertiary/aromatic N) is 1. The van der Waals surface area contributed by atoms with Gasteiger partial charge in [-0.05, 0) is 30.7 Å². The van der Waals surface area contributed by atoms with Gasteiger partial charge in [-0.25, -0.2) is 4.98 Å². The molecule has 26 heavy (non-hydrogen) atoms. The minimum atomic E-state index is 0.158. The molecule has 1 aromatic carbocycles. The van der Waals surface area contributed by atoms with E-state index in [1.807, 2.05) is 31.2 Å². The van der Waals surface area contributed by atoms with E-state index in [1.165, 1.54) is 0 Å². The van der Waals surface area contributed by atoms with Crippen LogP contribution in [0.5, 0.6) is 11.5 Å². The number of rotatable bonds is 12. The van der Waals surface area contributed by atoms with Crippen LogP contribution in [0.2, 0.25) is 5.15 Å². The van der Waals surface area contributed by atoms with Crippen molar-refractivity contribution in [3.63, 3.8) is 0 Å². The summed E-state index contributed by atoms with van der Waals surface area (Å²) in [6, 6.07) is 9.57. The molecule has 0 radical (unpaired) electrons. The molecule has 0 unspecified atom stereocenters.